The molecule has 4 heteroatoms. The van der Waals surface area contributed by atoms with Crippen LogP contribution in [0.2, 0.25) is 0 Å². The largest absolute Gasteiger partial charge is 0.490 e. The fourth-order valence-corrected chi connectivity index (χ4v) is 2.88. The molecule has 1 fully saturated rings. The van der Waals surface area contributed by atoms with Gasteiger partial charge >= 0.3 is 0 Å². The normalized spacial score (nSPS) is 16.8. The number of benzene rings is 2. The van der Waals surface area contributed by atoms with Gasteiger partial charge in [-0.15, -0.1) is 0 Å². The minimum atomic E-state index is -0.154. The van der Waals surface area contributed by atoms with Gasteiger partial charge in [0, 0.05) is 12.3 Å². The molecule has 1 atom stereocenters. The van der Waals surface area contributed by atoms with Gasteiger partial charge < -0.3 is 14.8 Å². The van der Waals surface area contributed by atoms with E-state index in [1.54, 1.807) is 6.07 Å². The van der Waals surface area contributed by atoms with Crippen molar-refractivity contribution in [1.29, 1.82) is 0 Å². The summed E-state index contributed by atoms with van der Waals surface area (Å²) in [7, 11) is 0. The van der Waals surface area contributed by atoms with Gasteiger partial charge in [-0.05, 0) is 43.0 Å². The Bertz CT molecular complexity index is 693. The number of carbonyl (C=O) groups is 1. The summed E-state index contributed by atoms with van der Waals surface area (Å²) in [6.45, 7) is 3.35. The SMILES string of the molecule is CCc1ccccc1NC(=O)c1ccccc1OCC1CCCO1. The van der Waals surface area contributed by atoms with Crippen molar-refractivity contribution in [3.8, 4) is 5.75 Å². The number of aryl methyl sites for hydroxylation is 1. The highest BCUT2D eigenvalue weighted by Crippen LogP contribution is 2.23. The van der Waals surface area contributed by atoms with Crippen LogP contribution in [0.3, 0.4) is 0 Å². The van der Waals surface area contributed by atoms with Crippen LogP contribution in [-0.2, 0) is 11.2 Å². The first-order valence-corrected chi connectivity index (χ1v) is 8.50. The Morgan fingerprint density at radius 3 is 2.79 bits per heavy atom. The Kier molecular flexibility index (Phi) is 5.49. The van der Waals surface area contributed by atoms with Crippen LogP contribution in [0.5, 0.6) is 5.75 Å². The molecule has 1 saturated heterocycles. The van der Waals surface area contributed by atoms with Gasteiger partial charge in [-0.25, -0.2) is 0 Å². The van der Waals surface area contributed by atoms with E-state index in [0.29, 0.717) is 17.9 Å². The van der Waals surface area contributed by atoms with Gasteiger partial charge in [0.2, 0.25) is 0 Å². The van der Waals surface area contributed by atoms with E-state index in [2.05, 4.69) is 12.2 Å². The number of nitrogens with one attached hydrogen (secondary N) is 1. The third-order valence-electron chi connectivity index (χ3n) is 4.23. The fourth-order valence-electron chi connectivity index (χ4n) is 2.88. The summed E-state index contributed by atoms with van der Waals surface area (Å²) in [5, 5.41) is 3.00. The van der Waals surface area contributed by atoms with Gasteiger partial charge in [-0.2, -0.15) is 0 Å². The molecule has 2 aromatic rings. The molecular weight excluding hydrogens is 302 g/mol. The summed E-state index contributed by atoms with van der Waals surface area (Å²) < 4.78 is 11.4. The Balaban J connectivity index is 1.72. The van der Waals surface area contributed by atoms with Gasteiger partial charge in [-0.1, -0.05) is 37.3 Å². The molecule has 0 saturated carbocycles. The van der Waals surface area contributed by atoms with Gasteiger partial charge in [0.15, 0.2) is 0 Å². The van der Waals surface area contributed by atoms with Crippen molar-refractivity contribution in [3.63, 3.8) is 0 Å². The molecule has 24 heavy (non-hydrogen) atoms. The number of amides is 1. The number of para-hydroxylation sites is 2. The number of hydrogen-bond donors (Lipinski definition) is 1. The molecule has 2 aromatic carbocycles. The summed E-state index contributed by atoms with van der Waals surface area (Å²) >= 11 is 0. The van der Waals surface area contributed by atoms with Gasteiger partial charge in [0.05, 0.1) is 11.7 Å². The molecule has 1 aliphatic heterocycles. The lowest BCUT2D eigenvalue weighted by Crippen LogP contribution is -2.19. The minimum Gasteiger partial charge on any atom is -0.490 e. The maximum absolute atomic E-state index is 12.7. The van der Waals surface area contributed by atoms with Crippen LogP contribution in [0, 0.1) is 0 Å². The van der Waals surface area contributed by atoms with Gasteiger partial charge in [0.25, 0.3) is 5.91 Å². The van der Waals surface area contributed by atoms with Crippen molar-refractivity contribution in [3.05, 3.63) is 59.7 Å². The first kappa shape index (κ1) is 16.5. The van der Waals surface area contributed by atoms with E-state index >= 15 is 0 Å². The number of anilines is 1. The van der Waals surface area contributed by atoms with Crippen molar-refractivity contribution in [2.45, 2.75) is 32.3 Å². The minimum absolute atomic E-state index is 0.127. The number of carbonyl (C=O) groups excluding carboxylic acids is 1. The zero-order chi connectivity index (χ0) is 16.8. The highest BCUT2D eigenvalue weighted by molar-refractivity contribution is 6.06. The van der Waals surface area contributed by atoms with E-state index in [0.717, 1.165) is 37.1 Å². The van der Waals surface area contributed by atoms with E-state index in [-0.39, 0.29) is 12.0 Å². The molecule has 4 nitrogen and oxygen atoms in total. The average Bonchev–Trinajstić information content (AvgIpc) is 3.14. The predicted octanol–water partition coefficient (Wildman–Crippen LogP) is 4.06. The lowest BCUT2D eigenvalue weighted by Gasteiger charge is -2.15. The van der Waals surface area contributed by atoms with Gasteiger partial charge in [-0.3, -0.25) is 4.79 Å². The maximum Gasteiger partial charge on any atom is 0.259 e. The van der Waals surface area contributed by atoms with E-state index in [1.165, 1.54) is 0 Å². The smallest absolute Gasteiger partial charge is 0.259 e. The Morgan fingerprint density at radius 2 is 2.00 bits per heavy atom. The average molecular weight is 325 g/mol. The van der Waals surface area contributed by atoms with Crippen LogP contribution >= 0.6 is 0 Å². The maximum atomic E-state index is 12.7. The van der Waals surface area contributed by atoms with E-state index < -0.39 is 0 Å². The topological polar surface area (TPSA) is 47.6 Å². The van der Waals surface area contributed by atoms with Crippen molar-refractivity contribution < 1.29 is 14.3 Å². The molecule has 0 aliphatic carbocycles. The molecule has 1 N–H and O–H groups in total. The highest BCUT2D eigenvalue weighted by Gasteiger charge is 2.18. The number of ether oxygens (including phenoxy) is 2. The molecule has 0 bridgehead atoms. The van der Waals surface area contributed by atoms with Crippen LogP contribution < -0.4 is 10.1 Å². The van der Waals surface area contributed by atoms with Crippen LogP contribution in [0.1, 0.15) is 35.7 Å². The number of rotatable bonds is 6. The molecule has 1 unspecified atom stereocenters. The van der Waals surface area contributed by atoms with E-state index in [9.17, 15) is 4.79 Å². The monoisotopic (exact) mass is 325 g/mol. The van der Waals surface area contributed by atoms with Crippen molar-refractivity contribution in [1.82, 2.24) is 0 Å². The molecule has 1 heterocycles. The molecular formula is C20H23NO3. The molecule has 126 valence electrons. The second-order valence-electron chi connectivity index (χ2n) is 5.91. The lowest BCUT2D eigenvalue weighted by molar-refractivity contribution is 0.0673. The molecule has 0 radical (unpaired) electrons. The highest BCUT2D eigenvalue weighted by atomic mass is 16.5. The molecule has 1 aliphatic rings. The predicted molar refractivity (Wildman–Crippen MR) is 94.7 cm³/mol. The summed E-state index contributed by atoms with van der Waals surface area (Å²) in [5.74, 6) is 0.443. The van der Waals surface area contributed by atoms with Gasteiger partial charge in [0.1, 0.15) is 12.4 Å². The van der Waals surface area contributed by atoms with E-state index in [4.69, 9.17) is 9.47 Å². The Hall–Kier alpha value is -2.33. The molecule has 0 aromatic heterocycles. The summed E-state index contributed by atoms with van der Waals surface area (Å²) in [6, 6.07) is 15.2. The summed E-state index contributed by atoms with van der Waals surface area (Å²) in [6.07, 6.45) is 3.08. The zero-order valence-corrected chi connectivity index (χ0v) is 14.0. The fraction of sp³-hybridized carbons (Fsp3) is 0.350. The van der Waals surface area contributed by atoms with Crippen LogP contribution in [-0.4, -0.2) is 25.2 Å². The summed E-state index contributed by atoms with van der Waals surface area (Å²) in [4.78, 5) is 12.7. The standard InChI is InChI=1S/C20H23NO3/c1-2-15-8-3-5-11-18(15)21-20(22)17-10-4-6-12-19(17)24-14-16-9-7-13-23-16/h3-6,8,10-12,16H,2,7,9,13-14H2,1H3,(H,21,22). The third kappa shape index (κ3) is 3.95. The first-order chi connectivity index (χ1) is 11.8. The molecule has 0 spiro atoms. The Morgan fingerprint density at radius 1 is 1.21 bits per heavy atom. The van der Waals surface area contributed by atoms with E-state index in [1.807, 2.05) is 42.5 Å². The van der Waals surface area contributed by atoms with Crippen LogP contribution in [0.4, 0.5) is 5.69 Å². The molecule has 1 amide bonds. The van der Waals surface area contributed by atoms with Crippen LogP contribution in [0.25, 0.3) is 0 Å². The zero-order valence-electron chi connectivity index (χ0n) is 14.0. The second kappa shape index (κ2) is 7.97. The lowest BCUT2D eigenvalue weighted by atomic mass is 10.1. The summed E-state index contributed by atoms with van der Waals surface area (Å²) in [5.41, 5.74) is 2.50. The number of hydrogen-bond acceptors (Lipinski definition) is 3. The first-order valence-electron chi connectivity index (χ1n) is 8.50. The second-order valence-corrected chi connectivity index (χ2v) is 5.91. The Labute approximate surface area is 142 Å². The van der Waals surface area contributed by atoms with Crippen LogP contribution in [0.15, 0.2) is 48.5 Å². The van der Waals surface area contributed by atoms with Crippen molar-refractivity contribution in [2.24, 2.45) is 0 Å². The quantitative estimate of drug-likeness (QED) is 0.871. The molecule has 3 rings (SSSR count). The van der Waals surface area contributed by atoms with Crippen molar-refractivity contribution >= 4 is 11.6 Å². The van der Waals surface area contributed by atoms with Crippen molar-refractivity contribution in [2.75, 3.05) is 18.5 Å². The third-order valence-corrected chi connectivity index (χ3v) is 4.23.